The lowest BCUT2D eigenvalue weighted by atomic mass is 9.87. The number of aliphatic hydroxyl groups is 6. The van der Waals surface area contributed by atoms with Crippen LogP contribution in [0.25, 0.3) is 0 Å². The molecule has 0 aromatic rings. The van der Waals surface area contributed by atoms with E-state index in [0.717, 1.165) is 13.8 Å². The second-order valence-corrected chi connectivity index (χ2v) is 7.40. The van der Waals surface area contributed by atoms with Gasteiger partial charge in [-0.05, 0) is 0 Å². The molecule has 3 aliphatic rings. The molecule has 30 heavy (non-hydrogen) atoms. The Morgan fingerprint density at radius 1 is 0.933 bits per heavy atom. The van der Waals surface area contributed by atoms with Crippen LogP contribution in [0.1, 0.15) is 13.8 Å². The largest absolute Gasteiger partial charge is 0.394 e. The fourth-order valence-electron chi connectivity index (χ4n) is 3.90. The minimum Gasteiger partial charge on any atom is -0.394 e. The minimum atomic E-state index is -2.28. The summed E-state index contributed by atoms with van der Waals surface area (Å²) in [7, 11) is 0. The minimum absolute atomic E-state index is 0.614. The molecule has 3 fully saturated rings. The molecular formula is C16H26N2O12. The second-order valence-electron chi connectivity index (χ2n) is 7.40. The zero-order chi connectivity index (χ0) is 22.4. The Kier molecular flexibility index (Phi) is 6.37. The molecule has 0 saturated carbocycles. The van der Waals surface area contributed by atoms with Gasteiger partial charge in [0.2, 0.25) is 17.6 Å². The molecule has 172 valence electrons. The summed E-state index contributed by atoms with van der Waals surface area (Å²) in [5, 5.41) is 65.0. The molecule has 3 aliphatic heterocycles. The highest BCUT2D eigenvalue weighted by Crippen LogP contribution is 2.52. The van der Waals surface area contributed by atoms with Gasteiger partial charge < -0.3 is 50.7 Å². The first-order valence-corrected chi connectivity index (χ1v) is 9.23. The van der Waals surface area contributed by atoms with Crippen molar-refractivity contribution in [2.75, 3.05) is 13.2 Å². The molecule has 2 amide bonds. The molecule has 3 rings (SSSR count). The van der Waals surface area contributed by atoms with Crippen molar-refractivity contribution in [1.82, 2.24) is 10.6 Å². The van der Waals surface area contributed by atoms with Crippen LogP contribution in [0, 0.1) is 0 Å². The van der Waals surface area contributed by atoms with Crippen LogP contribution in [-0.2, 0) is 28.5 Å². The SMILES string of the molecule is CC(=O)N[C@H]1[C@H](O)O[C@H](CO)C2(OC3(O[C@H](CO)[C@@H](O)[C@H](O)[C@H]3NC(C)=O)O2)[C@@H]1O. The number of nitrogens with one attached hydrogen (secondary N) is 2. The number of hydrogen-bond donors (Lipinski definition) is 8. The second kappa shape index (κ2) is 8.23. The number of hydrogen-bond acceptors (Lipinski definition) is 12. The topological polar surface area (TPSA) is 216 Å². The maximum absolute atomic E-state index is 11.6. The Balaban J connectivity index is 1.93. The summed E-state index contributed by atoms with van der Waals surface area (Å²) in [5.41, 5.74) is 0. The summed E-state index contributed by atoms with van der Waals surface area (Å²) in [6, 6.07) is -2.93. The van der Waals surface area contributed by atoms with Crippen LogP contribution in [0.4, 0.5) is 0 Å². The van der Waals surface area contributed by atoms with Crippen molar-refractivity contribution in [3.8, 4) is 0 Å². The highest BCUT2D eigenvalue weighted by Gasteiger charge is 2.76. The van der Waals surface area contributed by atoms with Crippen LogP contribution in [-0.4, -0.2) is 116 Å². The van der Waals surface area contributed by atoms with Crippen LogP contribution in [0.15, 0.2) is 0 Å². The van der Waals surface area contributed by atoms with E-state index in [2.05, 4.69) is 10.6 Å². The quantitative estimate of drug-likeness (QED) is 0.206. The van der Waals surface area contributed by atoms with Crippen LogP contribution >= 0.6 is 0 Å². The Morgan fingerprint density at radius 3 is 2.03 bits per heavy atom. The van der Waals surface area contributed by atoms with Crippen molar-refractivity contribution in [3.63, 3.8) is 0 Å². The van der Waals surface area contributed by atoms with Crippen LogP contribution < -0.4 is 10.6 Å². The monoisotopic (exact) mass is 438 g/mol. The summed E-state index contributed by atoms with van der Waals surface area (Å²) < 4.78 is 22.1. The van der Waals surface area contributed by atoms with E-state index in [1.54, 1.807) is 0 Å². The molecule has 3 heterocycles. The molecule has 2 spiro atoms. The van der Waals surface area contributed by atoms with Gasteiger partial charge in [0.25, 0.3) is 0 Å². The Hall–Kier alpha value is -1.46. The molecule has 3 saturated heterocycles. The standard InChI is InChI=1S/C16H26N2O12/c1-5(21)17-9-13(25)15(8(4-20)27-14(9)26)29-16(30-15)12(18-6(2)22)11(24)10(23)7(3-19)28-16/h7-14,19-20,23-26H,3-4H2,1-2H3,(H,17,21)(H,18,22)/t7-,8-,9-,10-,11+,12-,13-,14-,15?,16?/m1/s1. The summed E-state index contributed by atoms with van der Waals surface area (Å²) in [6.07, 6.45) is -9.67. The molecule has 0 radical (unpaired) electrons. The lowest BCUT2D eigenvalue weighted by molar-refractivity contribution is -0.641. The smallest absolute Gasteiger partial charge is 0.312 e. The first-order valence-electron chi connectivity index (χ1n) is 9.23. The number of ether oxygens (including phenoxy) is 4. The van der Waals surface area contributed by atoms with E-state index in [1.165, 1.54) is 0 Å². The first-order chi connectivity index (χ1) is 14.0. The number of carbonyl (C=O) groups is 2. The van der Waals surface area contributed by atoms with Gasteiger partial charge in [0.05, 0.1) is 13.2 Å². The maximum atomic E-state index is 11.6. The third-order valence-electron chi connectivity index (χ3n) is 5.26. The molecule has 0 unspecified atom stereocenters. The molecule has 8 atom stereocenters. The van der Waals surface area contributed by atoms with Crippen LogP contribution in [0.3, 0.4) is 0 Å². The normalized spacial score (nSPS) is 48.3. The molecule has 0 aromatic heterocycles. The van der Waals surface area contributed by atoms with Crippen molar-refractivity contribution < 1.29 is 59.2 Å². The van der Waals surface area contributed by atoms with Gasteiger partial charge in [0, 0.05) is 13.8 Å². The van der Waals surface area contributed by atoms with Crippen molar-refractivity contribution in [3.05, 3.63) is 0 Å². The maximum Gasteiger partial charge on any atom is 0.312 e. The summed E-state index contributed by atoms with van der Waals surface area (Å²) >= 11 is 0. The zero-order valence-corrected chi connectivity index (χ0v) is 16.2. The van der Waals surface area contributed by atoms with Gasteiger partial charge in [-0.3, -0.25) is 19.1 Å². The highest BCUT2D eigenvalue weighted by molar-refractivity contribution is 5.73. The molecule has 14 heteroatoms. The number of rotatable bonds is 4. The molecule has 14 nitrogen and oxygen atoms in total. The molecule has 0 bridgehead atoms. The van der Waals surface area contributed by atoms with E-state index in [-0.39, 0.29) is 0 Å². The van der Waals surface area contributed by atoms with Gasteiger partial charge in [-0.25, -0.2) is 0 Å². The van der Waals surface area contributed by atoms with E-state index < -0.39 is 85.7 Å². The van der Waals surface area contributed by atoms with Crippen LogP contribution in [0.2, 0.25) is 0 Å². The number of amides is 2. The van der Waals surface area contributed by atoms with Crippen molar-refractivity contribution in [2.45, 2.75) is 74.5 Å². The van der Waals surface area contributed by atoms with E-state index in [4.69, 9.17) is 18.9 Å². The van der Waals surface area contributed by atoms with Crippen molar-refractivity contribution in [2.24, 2.45) is 0 Å². The van der Waals surface area contributed by atoms with E-state index in [1.807, 2.05) is 0 Å². The lowest BCUT2D eigenvalue weighted by Gasteiger charge is -2.65. The van der Waals surface area contributed by atoms with Gasteiger partial charge in [-0.2, -0.15) is 0 Å². The van der Waals surface area contributed by atoms with E-state index in [9.17, 15) is 40.2 Å². The summed E-state index contributed by atoms with van der Waals surface area (Å²) in [6.45, 7) is 0.713. The van der Waals surface area contributed by atoms with Gasteiger partial charge in [0.1, 0.15) is 42.6 Å². The van der Waals surface area contributed by atoms with E-state index in [0.29, 0.717) is 0 Å². The third-order valence-corrected chi connectivity index (χ3v) is 5.26. The Bertz CT molecular complexity index is 671. The lowest BCUT2D eigenvalue weighted by Crippen LogP contribution is -2.87. The summed E-state index contributed by atoms with van der Waals surface area (Å²) in [4.78, 5) is 23.0. The van der Waals surface area contributed by atoms with Gasteiger partial charge in [0.15, 0.2) is 6.29 Å². The first kappa shape index (κ1) is 23.2. The number of aliphatic hydroxyl groups excluding tert-OH is 6. The van der Waals surface area contributed by atoms with Gasteiger partial charge in [-0.1, -0.05) is 0 Å². The third kappa shape index (κ3) is 3.58. The average Bonchev–Trinajstić information content (AvgIpc) is 2.65. The van der Waals surface area contributed by atoms with Gasteiger partial charge in [-0.15, -0.1) is 0 Å². The highest BCUT2D eigenvalue weighted by atomic mass is 17.0. The Morgan fingerprint density at radius 2 is 1.53 bits per heavy atom. The van der Waals surface area contributed by atoms with E-state index >= 15 is 0 Å². The fraction of sp³-hybridized carbons (Fsp3) is 0.875. The number of carbonyl (C=O) groups excluding carboxylic acids is 2. The molecule has 0 aliphatic carbocycles. The Labute approximate surface area is 170 Å². The summed E-state index contributed by atoms with van der Waals surface area (Å²) in [5.74, 6) is -5.72. The van der Waals surface area contributed by atoms with Crippen LogP contribution in [0.5, 0.6) is 0 Å². The fourth-order valence-corrected chi connectivity index (χ4v) is 3.90. The van der Waals surface area contributed by atoms with Gasteiger partial charge >= 0.3 is 5.97 Å². The predicted octanol–water partition coefficient (Wildman–Crippen LogP) is -5.42. The average molecular weight is 438 g/mol. The van der Waals surface area contributed by atoms with Crippen molar-refractivity contribution >= 4 is 11.8 Å². The molecule has 0 aromatic carbocycles. The van der Waals surface area contributed by atoms with Crippen molar-refractivity contribution in [1.29, 1.82) is 0 Å². The molecular weight excluding hydrogens is 412 g/mol. The zero-order valence-electron chi connectivity index (χ0n) is 16.2. The predicted molar refractivity (Wildman–Crippen MR) is 90.8 cm³/mol. The molecule has 8 N–H and O–H groups in total.